The minimum absolute atomic E-state index is 0.0872. The lowest BCUT2D eigenvalue weighted by Gasteiger charge is -2.32. The molecule has 138 valence electrons. The highest BCUT2D eigenvalue weighted by molar-refractivity contribution is 7.89. The molecule has 1 amide bonds. The van der Waals surface area contributed by atoms with Crippen molar-refractivity contribution in [2.24, 2.45) is 5.92 Å². The second-order valence-corrected chi connectivity index (χ2v) is 8.71. The maximum atomic E-state index is 12.9. The number of amides is 1. The molecule has 0 saturated carbocycles. The smallest absolute Gasteiger partial charge is 0.335 e. The van der Waals surface area contributed by atoms with Gasteiger partial charge in [-0.15, -0.1) is 0 Å². The molecule has 1 aromatic carbocycles. The fourth-order valence-corrected chi connectivity index (χ4v) is 4.86. The number of benzene rings is 1. The molecule has 1 aromatic rings. The number of aromatic carboxylic acids is 1. The Bertz CT molecular complexity index is 743. The van der Waals surface area contributed by atoms with Crippen LogP contribution in [0.2, 0.25) is 0 Å². The van der Waals surface area contributed by atoms with Crippen molar-refractivity contribution in [3.05, 3.63) is 35.4 Å². The SMILES string of the molecule is CC(C)C(C(=O)N(C)Cc1ccc(C(=O)O)cc1)N1CCCS1(=O)=O. The van der Waals surface area contributed by atoms with E-state index in [2.05, 4.69) is 0 Å². The summed E-state index contributed by atoms with van der Waals surface area (Å²) in [6.45, 7) is 4.34. The Hall–Kier alpha value is -1.93. The zero-order valence-electron chi connectivity index (χ0n) is 14.7. The van der Waals surface area contributed by atoms with Crippen molar-refractivity contribution in [2.75, 3.05) is 19.3 Å². The van der Waals surface area contributed by atoms with Gasteiger partial charge in [0.25, 0.3) is 0 Å². The molecule has 8 heteroatoms. The van der Waals surface area contributed by atoms with E-state index in [-0.39, 0.29) is 29.7 Å². The van der Waals surface area contributed by atoms with E-state index in [1.54, 1.807) is 19.2 Å². The van der Waals surface area contributed by atoms with E-state index < -0.39 is 22.0 Å². The zero-order chi connectivity index (χ0) is 18.8. The zero-order valence-corrected chi connectivity index (χ0v) is 15.5. The number of rotatable bonds is 6. The van der Waals surface area contributed by atoms with Gasteiger partial charge in [-0.25, -0.2) is 13.2 Å². The number of likely N-dealkylation sites (N-methyl/N-ethyl adjacent to an activating group) is 1. The summed E-state index contributed by atoms with van der Waals surface area (Å²) in [6.07, 6.45) is 0.541. The predicted octanol–water partition coefficient (Wildman–Crippen LogP) is 1.40. The summed E-state index contributed by atoms with van der Waals surface area (Å²) in [5.41, 5.74) is 0.966. The average molecular weight is 368 g/mol. The third-order valence-electron chi connectivity index (χ3n) is 4.33. The van der Waals surface area contributed by atoms with E-state index in [0.29, 0.717) is 13.0 Å². The Kier molecular flexibility index (Phi) is 5.84. The van der Waals surface area contributed by atoms with Crippen LogP contribution in [-0.2, 0) is 21.4 Å². The number of nitrogens with zero attached hydrogens (tertiary/aromatic N) is 2. The van der Waals surface area contributed by atoms with E-state index in [0.717, 1.165) is 5.56 Å². The number of carbonyl (C=O) groups is 2. The van der Waals surface area contributed by atoms with Crippen molar-refractivity contribution in [3.8, 4) is 0 Å². The number of hydrogen-bond donors (Lipinski definition) is 1. The minimum Gasteiger partial charge on any atom is -0.478 e. The first kappa shape index (κ1) is 19.4. The molecule has 0 radical (unpaired) electrons. The summed E-state index contributed by atoms with van der Waals surface area (Å²) in [6, 6.07) is 5.58. The molecule has 1 unspecified atom stereocenters. The van der Waals surface area contributed by atoms with Crippen LogP contribution in [0.15, 0.2) is 24.3 Å². The molecule has 1 fully saturated rings. The Morgan fingerprint density at radius 3 is 2.28 bits per heavy atom. The maximum absolute atomic E-state index is 12.9. The molecule has 1 saturated heterocycles. The number of carboxylic acids is 1. The predicted molar refractivity (Wildman–Crippen MR) is 93.6 cm³/mol. The molecule has 1 N–H and O–H groups in total. The molecule has 7 nitrogen and oxygen atoms in total. The van der Waals surface area contributed by atoms with Crippen molar-refractivity contribution in [1.29, 1.82) is 0 Å². The highest BCUT2D eigenvalue weighted by Gasteiger charge is 2.40. The summed E-state index contributed by atoms with van der Waals surface area (Å²) < 4.78 is 25.7. The van der Waals surface area contributed by atoms with Crippen LogP contribution < -0.4 is 0 Å². The summed E-state index contributed by atoms with van der Waals surface area (Å²) in [7, 11) is -1.75. The molecule has 0 aromatic heterocycles. The number of sulfonamides is 1. The van der Waals surface area contributed by atoms with Crippen LogP contribution in [0.5, 0.6) is 0 Å². The van der Waals surface area contributed by atoms with Gasteiger partial charge in [0, 0.05) is 20.1 Å². The normalized spacial score (nSPS) is 18.2. The van der Waals surface area contributed by atoms with E-state index in [4.69, 9.17) is 5.11 Å². The monoisotopic (exact) mass is 368 g/mol. The number of hydrogen-bond acceptors (Lipinski definition) is 4. The van der Waals surface area contributed by atoms with Gasteiger partial charge in [-0.2, -0.15) is 4.31 Å². The second-order valence-electron chi connectivity index (χ2n) is 6.67. The summed E-state index contributed by atoms with van der Waals surface area (Å²) in [5.74, 6) is -1.31. The van der Waals surface area contributed by atoms with Crippen LogP contribution in [0.4, 0.5) is 0 Å². The average Bonchev–Trinajstić information content (AvgIpc) is 2.87. The molecule has 1 aliphatic rings. The first-order chi connectivity index (χ1) is 11.6. The molecule has 1 aliphatic heterocycles. The fourth-order valence-electron chi connectivity index (χ4n) is 3.04. The van der Waals surface area contributed by atoms with Gasteiger partial charge < -0.3 is 10.0 Å². The highest BCUT2D eigenvalue weighted by atomic mass is 32.2. The van der Waals surface area contributed by atoms with Crippen LogP contribution in [0.1, 0.15) is 36.2 Å². The quantitative estimate of drug-likeness (QED) is 0.819. The van der Waals surface area contributed by atoms with E-state index in [9.17, 15) is 18.0 Å². The van der Waals surface area contributed by atoms with Crippen molar-refractivity contribution in [1.82, 2.24) is 9.21 Å². The molecular formula is C17H24N2O5S. The lowest BCUT2D eigenvalue weighted by Crippen LogP contribution is -2.50. The van der Waals surface area contributed by atoms with Gasteiger partial charge in [0.2, 0.25) is 15.9 Å². The number of carbonyl (C=O) groups excluding carboxylic acids is 1. The lowest BCUT2D eigenvalue weighted by molar-refractivity contribution is -0.135. The second kappa shape index (κ2) is 7.53. The Morgan fingerprint density at radius 1 is 1.24 bits per heavy atom. The highest BCUT2D eigenvalue weighted by Crippen LogP contribution is 2.24. The Labute approximate surface area is 148 Å². The van der Waals surface area contributed by atoms with Gasteiger partial charge in [0.05, 0.1) is 11.3 Å². The van der Waals surface area contributed by atoms with Gasteiger partial charge >= 0.3 is 5.97 Å². The fraction of sp³-hybridized carbons (Fsp3) is 0.529. The lowest BCUT2D eigenvalue weighted by atomic mass is 10.0. The third kappa shape index (κ3) is 4.38. The van der Waals surface area contributed by atoms with E-state index in [1.807, 2.05) is 13.8 Å². The Morgan fingerprint density at radius 2 is 1.84 bits per heavy atom. The molecule has 1 heterocycles. The van der Waals surface area contributed by atoms with Crippen LogP contribution >= 0.6 is 0 Å². The molecular weight excluding hydrogens is 344 g/mol. The van der Waals surface area contributed by atoms with E-state index >= 15 is 0 Å². The standard InChI is InChI=1S/C17H24N2O5S/c1-12(2)15(19-9-4-10-25(19,23)24)16(20)18(3)11-13-5-7-14(8-6-13)17(21)22/h5-8,12,15H,4,9-11H2,1-3H3,(H,21,22). The van der Waals surface area contributed by atoms with Crippen LogP contribution in [-0.4, -0.2) is 60.0 Å². The van der Waals surface area contributed by atoms with Crippen molar-refractivity contribution in [2.45, 2.75) is 32.9 Å². The summed E-state index contributed by atoms with van der Waals surface area (Å²) in [5, 5.41) is 8.92. The van der Waals surface area contributed by atoms with Gasteiger partial charge in [-0.3, -0.25) is 4.79 Å². The van der Waals surface area contributed by atoms with Crippen LogP contribution in [0.25, 0.3) is 0 Å². The van der Waals surface area contributed by atoms with Crippen molar-refractivity contribution < 1.29 is 23.1 Å². The van der Waals surface area contributed by atoms with Crippen LogP contribution in [0, 0.1) is 5.92 Å². The van der Waals surface area contributed by atoms with Gasteiger partial charge in [0.1, 0.15) is 6.04 Å². The Balaban J connectivity index is 2.14. The largest absolute Gasteiger partial charge is 0.478 e. The molecule has 25 heavy (non-hydrogen) atoms. The first-order valence-electron chi connectivity index (χ1n) is 8.20. The molecule has 2 rings (SSSR count). The molecule has 0 aliphatic carbocycles. The van der Waals surface area contributed by atoms with Crippen molar-refractivity contribution in [3.63, 3.8) is 0 Å². The molecule has 1 atom stereocenters. The molecule has 0 bridgehead atoms. The minimum atomic E-state index is -3.38. The van der Waals surface area contributed by atoms with Gasteiger partial charge in [-0.05, 0) is 30.0 Å². The van der Waals surface area contributed by atoms with E-state index in [1.165, 1.54) is 21.3 Å². The first-order valence-corrected chi connectivity index (χ1v) is 9.81. The van der Waals surface area contributed by atoms with Crippen molar-refractivity contribution >= 4 is 21.9 Å². The van der Waals surface area contributed by atoms with Gasteiger partial charge in [-0.1, -0.05) is 26.0 Å². The summed E-state index contributed by atoms with van der Waals surface area (Å²) in [4.78, 5) is 25.2. The topological polar surface area (TPSA) is 95.0 Å². The van der Waals surface area contributed by atoms with Crippen LogP contribution in [0.3, 0.4) is 0 Å². The van der Waals surface area contributed by atoms with Gasteiger partial charge in [0.15, 0.2) is 0 Å². The summed E-state index contributed by atoms with van der Waals surface area (Å²) >= 11 is 0. The third-order valence-corrected chi connectivity index (χ3v) is 6.26. The molecule has 0 spiro atoms. The number of carboxylic acid groups (broad SMARTS) is 1. The maximum Gasteiger partial charge on any atom is 0.335 e.